The second-order valence-corrected chi connectivity index (χ2v) is 11.1. The minimum Gasteiger partial charge on any atom is -0.347 e. The summed E-state index contributed by atoms with van der Waals surface area (Å²) in [4.78, 5) is 19.4. The molecule has 0 unspecified atom stereocenters. The van der Waals surface area contributed by atoms with Gasteiger partial charge in [-0.2, -0.15) is 0 Å². The number of amides is 1. The van der Waals surface area contributed by atoms with Gasteiger partial charge in [0.1, 0.15) is 22.3 Å². The van der Waals surface area contributed by atoms with Crippen molar-refractivity contribution in [2.24, 2.45) is 0 Å². The second kappa shape index (κ2) is 11.8. The highest BCUT2D eigenvalue weighted by atomic mass is 32.1. The predicted molar refractivity (Wildman–Crippen MR) is 144 cm³/mol. The van der Waals surface area contributed by atoms with Gasteiger partial charge in [0.05, 0.1) is 6.54 Å². The molecule has 1 amide bonds. The molecule has 3 aromatic carbocycles. The molecule has 0 spiro atoms. The van der Waals surface area contributed by atoms with Crippen molar-refractivity contribution in [2.75, 3.05) is 0 Å². The molecule has 0 atom stereocenters. The van der Waals surface area contributed by atoms with Gasteiger partial charge in [0, 0.05) is 25.0 Å². The highest BCUT2D eigenvalue weighted by Gasteiger charge is 2.16. The van der Waals surface area contributed by atoms with Gasteiger partial charge >= 0.3 is 0 Å². The SMILES string of the molecule is CC(C)(C)c1ccc(CN(Cc2ccc(F)cc2)Cc2nc(C(=O)NCc3ccc(F)cc3)cs2)cc1. The van der Waals surface area contributed by atoms with Crippen molar-refractivity contribution in [3.8, 4) is 0 Å². The lowest BCUT2D eigenvalue weighted by molar-refractivity contribution is 0.0946. The zero-order chi connectivity index (χ0) is 26.4. The van der Waals surface area contributed by atoms with E-state index in [4.69, 9.17) is 0 Å². The van der Waals surface area contributed by atoms with Crippen LogP contribution in [0.4, 0.5) is 8.78 Å². The summed E-state index contributed by atoms with van der Waals surface area (Å²) in [5, 5.41) is 5.41. The van der Waals surface area contributed by atoms with Gasteiger partial charge in [-0.05, 0) is 51.9 Å². The highest BCUT2D eigenvalue weighted by molar-refractivity contribution is 7.09. The molecule has 0 fully saturated rings. The second-order valence-electron chi connectivity index (χ2n) is 10.2. The molecule has 0 bridgehead atoms. The first-order valence-electron chi connectivity index (χ1n) is 12.2. The molecule has 1 N–H and O–H groups in total. The van der Waals surface area contributed by atoms with Crippen LogP contribution in [0.2, 0.25) is 0 Å². The molecule has 4 aromatic rings. The van der Waals surface area contributed by atoms with E-state index in [1.165, 1.54) is 46.7 Å². The predicted octanol–water partition coefficient (Wildman–Crippen LogP) is 6.85. The zero-order valence-electron chi connectivity index (χ0n) is 21.3. The Balaban J connectivity index is 1.44. The molecule has 0 saturated carbocycles. The molecule has 0 aliphatic rings. The van der Waals surface area contributed by atoms with Crippen molar-refractivity contribution < 1.29 is 13.6 Å². The summed E-state index contributed by atoms with van der Waals surface area (Å²) in [6, 6.07) is 21.2. The molecule has 0 aliphatic carbocycles. The minimum absolute atomic E-state index is 0.0842. The van der Waals surface area contributed by atoms with Crippen LogP contribution in [-0.4, -0.2) is 15.8 Å². The molecule has 0 saturated heterocycles. The Morgan fingerprint density at radius 1 is 0.811 bits per heavy atom. The summed E-state index contributed by atoms with van der Waals surface area (Å²) in [6.45, 7) is 8.73. The third kappa shape index (κ3) is 7.78. The van der Waals surface area contributed by atoms with Crippen LogP contribution in [0.3, 0.4) is 0 Å². The molecule has 192 valence electrons. The van der Waals surface area contributed by atoms with Crippen LogP contribution in [0.15, 0.2) is 78.2 Å². The van der Waals surface area contributed by atoms with Crippen LogP contribution in [0.1, 0.15) is 58.5 Å². The maximum Gasteiger partial charge on any atom is 0.271 e. The Labute approximate surface area is 221 Å². The number of nitrogens with one attached hydrogen (secondary N) is 1. The number of hydrogen-bond acceptors (Lipinski definition) is 4. The smallest absolute Gasteiger partial charge is 0.271 e. The van der Waals surface area contributed by atoms with Crippen molar-refractivity contribution >= 4 is 17.2 Å². The molecule has 4 nitrogen and oxygen atoms in total. The number of benzene rings is 3. The summed E-state index contributed by atoms with van der Waals surface area (Å²) in [5.74, 6) is -0.839. The fourth-order valence-electron chi connectivity index (χ4n) is 3.94. The lowest BCUT2D eigenvalue weighted by Crippen LogP contribution is -2.24. The Morgan fingerprint density at radius 2 is 1.32 bits per heavy atom. The van der Waals surface area contributed by atoms with Crippen LogP contribution < -0.4 is 5.32 Å². The molecule has 1 aromatic heterocycles. The Morgan fingerprint density at radius 3 is 1.86 bits per heavy atom. The van der Waals surface area contributed by atoms with Gasteiger partial charge in [-0.1, -0.05) is 69.3 Å². The van der Waals surface area contributed by atoms with Gasteiger partial charge in [0.15, 0.2) is 0 Å². The molecule has 0 radical (unpaired) electrons. The van der Waals surface area contributed by atoms with E-state index in [2.05, 4.69) is 60.2 Å². The van der Waals surface area contributed by atoms with E-state index in [0.29, 0.717) is 31.9 Å². The van der Waals surface area contributed by atoms with Crippen LogP contribution in [0.5, 0.6) is 0 Å². The zero-order valence-corrected chi connectivity index (χ0v) is 22.1. The molecule has 1 heterocycles. The Hall–Kier alpha value is -3.42. The lowest BCUT2D eigenvalue weighted by Gasteiger charge is -2.23. The van der Waals surface area contributed by atoms with E-state index in [1.54, 1.807) is 29.6 Å². The highest BCUT2D eigenvalue weighted by Crippen LogP contribution is 2.23. The first-order chi connectivity index (χ1) is 17.7. The summed E-state index contributed by atoms with van der Waals surface area (Å²) >= 11 is 1.44. The topological polar surface area (TPSA) is 45.2 Å². The largest absolute Gasteiger partial charge is 0.347 e. The van der Waals surface area contributed by atoms with E-state index in [1.807, 2.05) is 0 Å². The van der Waals surface area contributed by atoms with Gasteiger partial charge in [-0.15, -0.1) is 11.3 Å². The third-order valence-corrected chi connectivity index (χ3v) is 6.89. The van der Waals surface area contributed by atoms with Crippen molar-refractivity contribution in [3.05, 3.63) is 123 Å². The lowest BCUT2D eigenvalue weighted by atomic mass is 9.87. The average molecular weight is 520 g/mol. The van der Waals surface area contributed by atoms with Crippen molar-refractivity contribution in [1.29, 1.82) is 0 Å². The number of carbonyl (C=O) groups is 1. The number of rotatable bonds is 9. The van der Waals surface area contributed by atoms with E-state index in [-0.39, 0.29) is 23.0 Å². The number of halogens is 2. The first kappa shape index (κ1) is 26.6. The number of aromatic nitrogens is 1. The van der Waals surface area contributed by atoms with Crippen molar-refractivity contribution in [3.63, 3.8) is 0 Å². The van der Waals surface area contributed by atoms with Gasteiger partial charge in [0.25, 0.3) is 5.91 Å². The van der Waals surface area contributed by atoms with Gasteiger partial charge in [-0.25, -0.2) is 13.8 Å². The number of thiazole rings is 1. The first-order valence-corrected chi connectivity index (χ1v) is 13.1. The van der Waals surface area contributed by atoms with Crippen LogP contribution in [0, 0.1) is 11.6 Å². The Bertz CT molecular complexity index is 1310. The third-order valence-electron chi connectivity index (χ3n) is 6.06. The van der Waals surface area contributed by atoms with E-state index in [0.717, 1.165) is 16.1 Å². The van der Waals surface area contributed by atoms with Crippen LogP contribution in [-0.2, 0) is 31.6 Å². The fraction of sp³-hybridized carbons (Fsp3) is 0.267. The standard InChI is InChI=1S/C30H31F2N3OS/c1-30(2,3)24-10-4-22(5-11-24)17-35(18-23-8-14-26(32)15-9-23)19-28-34-27(20-37-28)29(36)33-16-21-6-12-25(31)13-7-21/h4-15,20H,16-19H2,1-3H3,(H,33,36). The van der Waals surface area contributed by atoms with E-state index in [9.17, 15) is 13.6 Å². The quantitative estimate of drug-likeness (QED) is 0.263. The van der Waals surface area contributed by atoms with Crippen LogP contribution in [0.25, 0.3) is 0 Å². The molecular formula is C30H31F2N3OS. The molecular weight excluding hydrogens is 488 g/mol. The van der Waals surface area contributed by atoms with E-state index < -0.39 is 0 Å². The maximum absolute atomic E-state index is 13.4. The molecule has 4 rings (SSSR count). The summed E-state index contributed by atoms with van der Waals surface area (Å²) in [6.07, 6.45) is 0. The number of carbonyl (C=O) groups excluding carboxylic acids is 1. The molecule has 7 heteroatoms. The molecule has 37 heavy (non-hydrogen) atoms. The summed E-state index contributed by atoms with van der Waals surface area (Å²) in [7, 11) is 0. The van der Waals surface area contributed by atoms with E-state index >= 15 is 0 Å². The van der Waals surface area contributed by atoms with Crippen molar-refractivity contribution in [1.82, 2.24) is 15.2 Å². The number of nitrogens with zero attached hydrogens (tertiary/aromatic N) is 2. The van der Waals surface area contributed by atoms with Gasteiger partial charge < -0.3 is 5.32 Å². The number of hydrogen-bond donors (Lipinski definition) is 1. The maximum atomic E-state index is 13.4. The van der Waals surface area contributed by atoms with Gasteiger partial charge in [-0.3, -0.25) is 9.69 Å². The summed E-state index contributed by atoms with van der Waals surface area (Å²) < 4.78 is 26.5. The van der Waals surface area contributed by atoms with Crippen LogP contribution >= 0.6 is 11.3 Å². The minimum atomic E-state index is -0.311. The fourth-order valence-corrected chi connectivity index (χ4v) is 4.75. The molecule has 0 aliphatic heterocycles. The summed E-state index contributed by atoms with van der Waals surface area (Å²) in [5.41, 5.74) is 4.70. The van der Waals surface area contributed by atoms with Gasteiger partial charge in [0.2, 0.25) is 0 Å². The monoisotopic (exact) mass is 519 g/mol. The van der Waals surface area contributed by atoms with Crippen molar-refractivity contribution in [2.45, 2.75) is 52.4 Å². The normalized spacial score (nSPS) is 11.6. The Kier molecular flexibility index (Phi) is 8.46. The average Bonchev–Trinajstić information content (AvgIpc) is 3.33.